The van der Waals surface area contributed by atoms with Crippen LogP contribution >= 0.6 is 0 Å². The van der Waals surface area contributed by atoms with Crippen molar-refractivity contribution in [2.24, 2.45) is 0 Å². The Bertz CT molecular complexity index is 1320. The molecule has 0 atom stereocenters. The van der Waals surface area contributed by atoms with E-state index in [1.807, 2.05) is 67.8 Å². The molecule has 1 fully saturated rings. The van der Waals surface area contributed by atoms with Crippen molar-refractivity contribution >= 4 is 22.6 Å². The molecule has 4 aromatic rings. The average Bonchev–Trinajstić information content (AvgIpc) is 2.85. The van der Waals surface area contributed by atoms with E-state index in [9.17, 15) is 4.79 Å². The molecule has 0 bridgehead atoms. The highest BCUT2D eigenvalue weighted by Gasteiger charge is 2.13. The number of fused-ring (bicyclic) bond motifs is 1. The molecule has 1 aliphatic heterocycles. The lowest BCUT2D eigenvalue weighted by Crippen LogP contribution is -2.35. The number of hydrogen-bond acceptors (Lipinski definition) is 6. The number of benzene rings is 1. The van der Waals surface area contributed by atoms with Gasteiger partial charge < -0.3 is 10.1 Å². The first-order chi connectivity index (χ1) is 16.6. The van der Waals surface area contributed by atoms with E-state index < -0.39 is 0 Å². The zero-order valence-corrected chi connectivity index (χ0v) is 19.2. The molecule has 1 aliphatic rings. The number of rotatable bonds is 6. The van der Waals surface area contributed by atoms with Gasteiger partial charge in [0.15, 0.2) is 0 Å². The van der Waals surface area contributed by atoms with Crippen LogP contribution in [0.3, 0.4) is 0 Å². The molecule has 0 unspecified atom stereocenters. The van der Waals surface area contributed by atoms with Crippen molar-refractivity contribution in [2.45, 2.75) is 19.9 Å². The standard InChI is InChI=1S/C27H27N5O2/c1-19-14-22(17-28-16-19)24-9-8-20-4-2-5-21(27(20)30-24)15-26(33)31-25-7-3-6-23(29-25)18-32-10-12-34-13-11-32/h2-9,14,16-17H,10-13,15,18H2,1H3,(H,29,31,33). The third-order valence-corrected chi connectivity index (χ3v) is 5.89. The van der Waals surface area contributed by atoms with Gasteiger partial charge in [0, 0.05) is 43.0 Å². The molecule has 0 spiro atoms. The summed E-state index contributed by atoms with van der Waals surface area (Å²) in [5.74, 6) is 0.448. The number of pyridine rings is 3. The summed E-state index contributed by atoms with van der Waals surface area (Å²) in [7, 11) is 0. The molecule has 7 heteroatoms. The highest BCUT2D eigenvalue weighted by Crippen LogP contribution is 2.24. The first kappa shape index (κ1) is 22.1. The second kappa shape index (κ2) is 10.1. The van der Waals surface area contributed by atoms with Gasteiger partial charge in [-0.1, -0.05) is 30.3 Å². The Kier molecular flexibility index (Phi) is 6.56. The van der Waals surface area contributed by atoms with Crippen molar-refractivity contribution < 1.29 is 9.53 Å². The zero-order valence-electron chi connectivity index (χ0n) is 19.2. The Balaban J connectivity index is 1.32. The minimum atomic E-state index is -0.118. The Morgan fingerprint density at radius 1 is 1.03 bits per heavy atom. The molecule has 1 amide bonds. The number of aromatic nitrogens is 3. The van der Waals surface area contributed by atoms with E-state index in [0.717, 1.165) is 71.8 Å². The van der Waals surface area contributed by atoms with Gasteiger partial charge in [0.1, 0.15) is 5.82 Å². The molecule has 34 heavy (non-hydrogen) atoms. The molecule has 0 saturated carbocycles. The van der Waals surface area contributed by atoms with Gasteiger partial charge in [-0.25, -0.2) is 9.97 Å². The predicted octanol–water partition coefficient (Wildman–Crippen LogP) is 4.01. The van der Waals surface area contributed by atoms with Crippen molar-refractivity contribution in [1.82, 2.24) is 19.9 Å². The van der Waals surface area contributed by atoms with Crippen molar-refractivity contribution in [3.8, 4) is 11.3 Å². The molecule has 1 N–H and O–H groups in total. The predicted molar refractivity (Wildman–Crippen MR) is 132 cm³/mol. The summed E-state index contributed by atoms with van der Waals surface area (Å²) in [6, 6.07) is 17.8. The first-order valence-corrected chi connectivity index (χ1v) is 11.5. The highest BCUT2D eigenvalue weighted by atomic mass is 16.5. The molecule has 5 rings (SSSR count). The molecular weight excluding hydrogens is 426 g/mol. The number of amides is 1. The monoisotopic (exact) mass is 453 g/mol. The van der Waals surface area contributed by atoms with Crippen LogP contribution in [0.15, 0.2) is 67.0 Å². The van der Waals surface area contributed by atoms with Crippen LogP contribution in [-0.4, -0.2) is 52.1 Å². The Morgan fingerprint density at radius 2 is 1.88 bits per heavy atom. The molecular formula is C27H27N5O2. The van der Waals surface area contributed by atoms with E-state index in [1.54, 1.807) is 0 Å². The van der Waals surface area contributed by atoms with Crippen molar-refractivity contribution in [2.75, 3.05) is 31.6 Å². The van der Waals surface area contributed by atoms with Gasteiger partial charge in [0.2, 0.25) is 5.91 Å². The summed E-state index contributed by atoms with van der Waals surface area (Å²) in [6.07, 6.45) is 3.85. The van der Waals surface area contributed by atoms with Gasteiger partial charge in [0.25, 0.3) is 0 Å². The Hall–Kier alpha value is -3.68. The number of nitrogens with zero attached hydrogens (tertiary/aromatic N) is 4. The van der Waals surface area contributed by atoms with E-state index >= 15 is 0 Å². The van der Waals surface area contributed by atoms with Gasteiger partial charge in [-0.15, -0.1) is 0 Å². The minimum Gasteiger partial charge on any atom is -0.379 e. The van der Waals surface area contributed by atoms with E-state index in [2.05, 4.69) is 26.3 Å². The fourth-order valence-corrected chi connectivity index (χ4v) is 4.19. The summed E-state index contributed by atoms with van der Waals surface area (Å²) in [5, 5.41) is 3.96. The smallest absolute Gasteiger partial charge is 0.230 e. The van der Waals surface area contributed by atoms with Gasteiger partial charge in [0.05, 0.1) is 36.5 Å². The number of morpholine rings is 1. The van der Waals surface area contributed by atoms with Gasteiger partial charge in [-0.3, -0.25) is 14.7 Å². The van der Waals surface area contributed by atoms with Crippen LogP contribution in [0.5, 0.6) is 0 Å². The molecule has 1 aromatic carbocycles. The van der Waals surface area contributed by atoms with Gasteiger partial charge in [-0.05, 0) is 42.3 Å². The van der Waals surface area contributed by atoms with Crippen LogP contribution < -0.4 is 5.32 Å². The third-order valence-electron chi connectivity index (χ3n) is 5.89. The Labute approximate surface area is 198 Å². The SMILES string of the molecule is Cc1cncc(-c2ccc3cccc(CC(=O)Nc4cccc(CN5CCOCC5)n4)c3n2)c1. The van der Waals surface area contributed by atoms with Crippen LogP contribution in [0.2, 0.25) is 0 Å². The number of ether oxygens (including phenoxy) is 1. The van der Waals surface area contributed by atoms with Crippen molar-refractivity contribution in [3.63, 3.8) is 0 Å². The molecule has 3 aromatic heterocycles. The van der Waals surface area contributed by atoms with Crippen molar-refractivity contribution in [3.05, 3.63) is 83.8 Å². The first-order valence-electron chi connectivity index (χ1n) is 11.5. The Morgan fingerprint density at radius 3 is 2.74 bits per heavy atom. The van der Waals surface area contributed by atoms with Crippen LogP contribution in [0, 0.1) is 6.92 Å². The number of para-hydroxylation sites is 1. The van der Waals surface area contributed by atoms with Gasteiger partial charge >= 0.3 is 0 Å². The number of carbonyl (C=O) groups is 1. The summed E-state index contributed by atoms with van der Waals surface area (Å²) in [6.45, 7) is 6.04. The van der Waals surface area contributed by atoms with Crippen LogP contribution in [-0.2, 0) is 22.5 Å². The maximum atomic E-state index is 12.9. The quantitative estimate of drug-likeness (QED) is 0.475. The van der Waals surface area contributed by atoms with Gasteiger partial charge in [-0.2, -0.15) is 0 Å². The largest absolute Gasteiger partial charge is 0.379 e. The second-order valence-corrected chi connectivity index (χ2v) is 8.56. The van der Waals surface area contributed by atoms with E-state index in [1.165, 1.54) is 0 Å². The lowest BCUT2D eigenvalue weighted by molar-refractivity contribution is -0.115. The zero-order chi connectivity index (χ0) is 23.3. The van der Waals surface area contributed by atoms with E-state index in [-0.39, 0.29) is 12.3 Å². The summed E-state index contributed by atoms with van der Waals surface area (Å²) < 4.78 is 5.41. The lowest BCUT2D eigenvalue weighted by Gasteiger charge is -2.26. The van der Waals surface area contributed by atoms with Crippen molar-refractivity contribution in [1.29, 1.82) is 0 Å². The average molecular weight is 454 g/mol. The molecule has 172 valence electrons. The normalized spacial score (nSPS) is 14.3. The molecule has 0 aliphatic carbocycles. The number of nitrogens with one attached hydrogen (secondary N) is 1. The van der Waals surface area contributed by atoms with Crippen LogP contribution in [0.25, 0.3) is 22.2 Å². The molecule has 1 saturated heterocycles. The number of carbonyl (C=O) groups excluding carboxylic acids is 1. The summed E-state index contributed by atoms with van der Waals surface area (Å²) in [5.41, 5.74) is 5.52. The summed E-state index contributed by atoms with van der Waals surface area (Å²) >= 11 is 0. The topological polar surface area (TPSA) is 80.2 Å². The second-order valence-electron chi connectivity index (χ2n) is 8.56. The van der Waals surface area contributed by atoms with Crippen LogP contribution in [0.1, 0.15) is 16.8 Å². The van der Waals surface area contributed by atoms with Crippen LogP contribution in [0.4, 0.5) is 5.82 Å². The lowest BCUT2D eigenvalue weighted by atomic mass is 10.0. The maximum absolute atomic E-state index is 12.9. The number of aryl methyl sites for hydroxylation is 1. The summed E-state index contributed by atoms with van der Waals surface area (Å²) in [4.78, 5) is 29.0. The minimum absolute atomic E-state index is 0.118. The molecule has 4 heterocycles. The maximum Gasteiger partial charge on any atom is 0.230 e. The van der Waals surface area contributed by atoms with E-state index in [0.29, 0.717) is 5.82 Å². The molecule has 0 radical (unpaired) electrons. The third kappa shape index (κ3) is 5.27. The number of hydrogen-bond donors (Lipinski definition) is 1. The fraction of sp³-hybridized carbons (Fsp3) is 0.259. The highest BCUT2D eigenvalue weighted by molar-refractivity contribution is 5.95. The fourth-order valence-electron chi connectivity index (χ4n) is 4.19. The molecule has 7 nitrogen and oxygen atoms in total. The number of anilines is 1. The van der Waals surface area contributed by atoms with E-state index in [4.69, 9.17) is 9.72 Å².